The maximum atomic E-state index is 5.83. The van der Waals surface area contributed by atoms with Crippen LogP contribution in [0, 0.1) is 20.8 Å². The van der Waals surface area contributed by atoms with E-state index in [0.29, 0.717) is 0 Å². The molecule has 2 N–H and O–H groups in total. The fourth-order valence-corrected chi connectivity index (χ4v) is 1.99. The fraction of sp³-hybridized carbons (Fsp3) is 0.571. The minimum Gasteiger partial charge on any atom is -0.493 e. The van der Waals surface area contributed by atoms with Gasteiger partial charge in [-0.05, 0) is 57.7 Å². The standard InChI is InChI=1S/C14H23NO/c1-11-9-12(2)14(13(3)10-11)16-8-6-4-5-7-15/h9-10H,4-8,15H2,1-3H3. The van der Waals surface area contributed by atoms with Gasteiger partial charge in [0, 0.05) is 0 Å². The SMILES string of the molecule is Cc1cc(C)c(OCCCCCN)c(C)c1. The Morgan fingerprint density at radius 2 is 1.62 bits per heavy atom. The van der Waals surface area contributed by atoms with Crippen LogP contribution in [-0.2, 0) is 0 Å². The van der Waals surface area contributed by atoms with Crippen LogP contribution in [-0.4, -0.2) is 13.2 Å². The summed E-state index contributed by atoms with van der Waals surface area (Å²) in [6, 6.07) is 4.34. The van der Waals surface area contributed by atoms with Crippen LogP contribution in [0.3, 0.4) is 0 Å². The van der Waals surface area contributed by atoms with Crippen molar-refractivity contribution in [2.45, 2.75) is 40.0 Å². The molecule has 1 aromatic rings. The lowest BCUT2D eigenvalue weighted by atomic mass is 10.1. The van der Waals surface area contributed by atoms with E-state index in [2.05, 4.69) is 32.9 Å². The number of hydrogen-bond donors (Lipinski definition) is 1. The predicted molar refractivity (Wildman–Crippen MR) is 69.1 cm³/mol. The summed E-state index contributed by atoms with van der Waals surface area (Å²) in [5, 5.41) is 0. The first-order valence-electron chi connectivity index (χ1n) is 6.06. The molecule has 1 aromatic carbocycles. The van der Waals surface area contributed by atoms with Crippen molar-refractivity contribution in [1.29, 1.82) is 0 Å². The van der Waals surface area contributed by atoms with Crippen molar-refractivity contribution in [2.24, 2.45) is 5.73 Å². The summed E-state index contributed by atoms with van der Waals surface area (Å²) < 4.78 is 5.83. The Morgan fingerprint density at radius 1 is 1.00 bits per heavy atom. The van der Waals surface area contributed by atoms with Gasteiger partial charge >= 0.3 is 0 Å². The summed E-state index contributed by atoms with van der Waals surface area (Å²) in [6.07, 6.45) is 3.33. The van der Waals surface area contributed by atoms with Gasteiger partial charge < -0.3 is 10.5 Å². The van der Waals surface area contributed by atoms with Gasteiger partial charge in [-0.2, -0.15) is 0 Å². The number of ether oxygens (including phenoxy) is 1. The van der Waals surface area contributed by atoms with Crippen LogP contribution in [0.25, 0.3) is 0 Å². The Kier molecular flexibility index (Phi) is 5.33. The largest absolute Gasteiger partial charge is 0.493 e. The monoisotopic (exact) mass is 221 g/mol. The maximum absolute atomic E-state index is 5.83. The van der Waals surface area contributed by atoms with Crippen LogP contribution in [0.1, 0.15) is 36.0 Å². The van der Waals surface area contributed by atoms with Gasteiger partial charge in [0.25, 0.3) is 0 Å². The molecule has 0 aliphatic heterocycles. The Labute approximate surface area is 98.8 Å². The molecule has 0 spiro atoms. The highest BCUT2D eigenvalue weighted by atomic mass is 16.5. The summed E-state index contributed by atoms with van der Waals surface area (Å²) >= 11 is 0. The van der Waals surface area contributed by atoms with Gasteiger partial charge in [0.1, 0.15) is 5.75 Å². The normalized spacial score (nSPS) is 10.5. The van der Waals surface area contributed by atoms with E-state index in [0.717, 1.165) is 38.2 Å². The molecule has 1 rings (SSSR count). The molecule has 0 amide bonds. The molecule has 2 heteroatoms. The molecule has 0 unspecified atom stereocenters. The first-order valence-corrected chi connectivity index (χ1v) is 6.06. The zero-order chi connectivity index (χ0) is 12.0. The second-order valence-electron chi connectivity index (χ2n) is 4.43. The molecular weight excluding hydrogens is 198 g/mol. The van der Waals surface area contributed by atoms with Crippen molar-refractivity contribution >= 4 is 0 Å². The molecule has 16 heavy (non-hydrogen) atoms. The molecule has 2 nitrogen and oxygen atoms in total. The molecule has 0 bridgehead atoms. The van der Waals surface area contributed by atoms with Crippen LogP contribution in [0.15, 0.2) is 12.1 Å². The van der Waals surface area contributed by atoms with Crippen molar-refractivity contribution in [3.8, 4) is 5.75 Å². The van der Waals surface area contributed by atoms with Crippen LogP contribution >= 0.6 is 0 Å². The average molecular weight is 221 g/mol. The number of unbranched alkanes of at least 4 members (excludes halogenated alkanes) is 2. The predicted octanol–water partition coefficient (Wildman–Crippen LogP) is 3.12. The van der Waals surface area contributed by atoms with Gasteiger partial charge in [0.05, 0.1) is 6.61 Å². The third kappa shape index (κ3) is 3.86. The molecule has 0 aliphatic rings. The van der Waals surface area contributed by atoms with Gasteiger partial charge in [-0.15, -0.1) is 0 Å². The molecule has 0 atom stereocenters. The van der Waals surface area contributed by atoms with Crippen LogP contribution in [0.5, 0.6) is 5.75 Å². The molecule has 0 fully saturated rings. The highest BCUT2D eigenvalue weighted by Gasteiger charge is 2.04. The number of benzene rings is 1. The van der Waals surface area contributed by atoms with Crippen molar-refractivity contribution in [3.05, 3.63) is 28.8 Å². The van der Waals surface area contributed by atoms with Crippen molar-refractivity contribution in [3.63, 3.8) is 0 Å². The zero-order valence-corrected chi connectivity index (χ0v) is 10.7. The van der Waals surface area contributed by atoms with E-state index in [-0.39, 0.29) is 0 Å². The molecule has 0 heterocycles. The lowest BCUT2D eigenvalue weighted by molar-refractivity contribution is 0.302. The molecular formula is C14H23NO. The maximum Gasteiger partial charge on any atom is 0.125 e. The summed E-state index contributed by atoms with van der Waals surface area (Å²) in [5.74, 6) is 1.05. The molecule has 0 saturated heterocycles. The van der Waals surface area contributed by atoms with Gasteiger partial charge in [0.2, 0.25) is 0 Å². The number of rotatable bonds is 6. The third-order valence-corrected chi connectivity index (χ3v) is 2.70. The Balaban J connectivity index is 2.47. The van der Waals surface area contributed by atoms with E-state index < -0.39 is 0 Å². The van der Waals surface area contributed by atoms with Gasteiger partial charge in [-0.1, -0.05) is 17.7 Å². The quantitative estimate of drug-likeness (QED) is 0.749. The first-order chi connectivity index (χ1) is 7.65. The summed E-state index contributed by atoms with van der Waals surface area (Å²) in [5.41, 5.74) is 9.21. The smallest absolute Gasteiger partial charge is 0.125 e. The Hall–Kier alpha value is -1.02. The molecule has 0 aromatic heterocycles. The van der Waals surface area contributed by atoms with E-state index in [1.54, 1.807) is 0 Å². The highest BCUT2D eigenvalue weighted by Crippen LogP contribution is 2.24. The second kappa shape index (κ2) is 6.54. The van der Waals surface area contributed by atoms with E-state index in [9.17, 15) is 0 Å². The molecule has 0 aliphatic carbocycles. The molecule has 0 radical (unpaired) electrons. The fourth-order valence-electron chi connectivity index (χ4n) is 1.99. The van der Waals surface area contributed by atoms with E-state index in [4.69, 9.17) is 10.5 Å². The van der Waals surface area contributed by atoms with E-state index in [1.807, 2.05) is 0 Å². The van der Waals surface area contributed by atoms with Crippen molar-refractivity contribution in [2.75, 3.05) is 13.2 Å². The van der Waals surface area contributed by atoms with Crippen molar-refractivity contribution in [1.82, 2.24) is 0 Å². The highest BCUT2D eigenvalue weighted by molar-refractivity contribution is 5.42. The average Bonchev–Trinajstić information content (AvgIpc) is 2.20. The van der Waals surface area contributed by atoms with Crippen LogP contribution < -0.4 is 10.5 Å². The molecule has 0 saturated carbocycles. The summed E-state index contributed by atoms with van der Waals surface area (Å²) in [6.45, 7) is 7.91. The number of aryl methyl sites for hydroxylation is 3. The molecule has 90 valence electrons. The third-order valence-electron chi connectivity index (χ3n) is 2.70. The lowest BCUT2D eigenvalue weighted by Gasteiger charge is -2.12. The van der Waals surface area contributed by atoms with Gasteiger partial charge in [-0.25, -0.2) is 0 Å². The number of nitrogens with two attached hydrogens (primary N) is 1. The lowest BCUT2D eigenvalue weighted by Crippen LogP contribution is -2.03. The second-order valence-corrected chi connectivity index (χ2v) is 4.43. The Bertz CT molecular complexity index is 311. The first kappa shape index (κ1) is 13.0. The minimum atomic E-state index is 0.780. The van der Waals surface area contributed by atoms with Crippen LogP contribution in [0.4, 0.5) is 0 Å². The van der Waals surface area contributed by atoms with Crippen LogP contribution in [0.2, 0.25) is 0 Å². The summed E-state index contributed by atoms with van der Waals surface area (Å²) in [4.78, 5) is 0. The van der Waals surface area contributed by atoms with E-state index >= 15 is 0 Å². The van der Waals surface area contributed by atoms with E-state index in [1.165, 1.54) is 16.7 Å². The topological polar surface area (TPSA) is 35.2 Å². The zero-order valence-electron chi connectivity index (χ0n) is 10.7. The van der Waals surface area contributed by atoms with Gasteiger partial charge in [-0.3, -0.25) is 0 Å². The van der Waals surface area contributed by atoms with Crippen molar-refractivity contribution < 1.29 is 4.74 Å². The number of hydrogen-bond acceptors (Lipinski definition) is 2. The summed E-state index contributed by atoms with van der Waals surface area (Å²) in [7, 11) is 0. The Morgan fingerprint density at radius 3 is 2.19 bits per heavy atom. The van der Waals surface area contributed by atoms with Gasteiger partial charge in [0.15, 0.2) is 0 Å². The minimum absolute atomic E-state index is 0.780.